The first-order valence-electron chi connectivity index (χ1n) is 6.02. The van der Waals surface area contributed by atoms with Crippen LogP contribution in [-0.2, 0) is 5.41 Å². The molecule has 2 nitrogen and oxygen atoms in total. The van der Waals surface area contributed by atoms with E-state index < -0.39 is 0 Å². The Kier molecular flexibility index (Phi) is 4.48. The van der Waals surface area contributed by atoms with Gasteiger partial charge in [0, 0.05) is 11.3 Å². The van der Waals surface area contributed by atoms with Crippen LogP contribution in [0.4, 0.5) is 0 Å². The fourth-order valence-electron chi connectivity index (χ4n) is 1.44. The van der Waals surface area contributed by atoms with E-state index in [9.17, 15) is 0 Å². The predicted octanol–water partition coefficient (Wildman–Crippen LogP) is 4.46. The summed E-state index contributed by atoms with van der Waals surface area (Å²) in [6, 6.07) is 0. The van der Waals surface area contributed by atoms with Crippen molar-refractivity contribution in [3.8, 4) is 0 Å². The Bertz CT molecular complexity index is 378. The molecule has 0 aromatic carbocycles. The molecule has 1 rings (SSSR count). The molecule has 0 aliphatic carbocycles. The lowest BCUT2D eigenvalue weighted by atomic mass is 9.87. The van der Waals surface area contributed by atoms with Crippen LogP contribution in [0.1, 0.15) is 52.8 Å². The maximum atomic E-state index is 4.13. The SMILES string of the molecule is CC(C)(C)CS/C=C\c1[nH]ncc1C(C)(C)C. The van der Waals surface area contributed by atoms with Crippen LogP contribution in [-0.4, -0.2) is 16.0 Å². The first-order chi connectivity index (χ1) is 7.70. The molecule has 0 amide bonds. The number of aromatic amines is 1. The number of aromatic nitrogens is 2. The van der Waals surface area contributed by atoms with Gasteiger partial charge in [-0.2, -0.15) is 5.10 Å². The molecule has 0 aliphatic heterocycles. The molecule has 17 heavy (non-hydrogen) atoms. The summed E-state index contributed by atoms with van der Waals surface area (Å²) in [5, 5.41) is 9.35. The van der Waals surface area contributed by atoms with Gasteiger partial charge in [-0.1, -0.05) is 41.5 Å². The van der Waals surface area contributed by atoms with Gasteiger partial charge in [0.15, 0.2) is 0 Å². The largest absolute Gasteiger partial charge is 0.278 e. The minimum absolute atomic E-state index is 0.140. The topological polar surface area (TPSA) is 28.7 Å². The Morgan fingerprint density at radius 3 is 2.41 bits per heavy atom. The van der Waals surface area contributed by atoms with Crippen molar-refractivity contribution in [2.75, 3.05) is 5.75 Å². The highest BCUT2D eigenvalue weighted by molar-refractivity contribution is 8.02. The van der Waals surface area contributed by atoms with Gasteiger partial charge in [-0.15, -0.1) is 11.8 Å². The third kappa shape index (κ3) is 4.99. The summed E-state index contributed by atoms with van der Waals surface area (Å²) < 4.78 is 0. The molecular weight excluding hydrogens is 228 g/mol. The van der Waals surface area contributed by atoms with E-state index in [1.807, 2.05) is 18.0 Å². The van der Waals surface area contributed by atoms with Crippen LogP contribution >= 0.6 is 11.8 Å². The van der Waals surface area contributed by atoms with Gasteiger partial charge in [-0.3, -0.25) is 5.10 Å². The Labute approximate surface area is 109 Å². The number of hydrogen-bond donors (Lipinski definition) is 1. The average Bonchev–Trinajstić information content (AvgIpc) is 2.58. The van der Waals surface area contributed by atoms with Gasteiger partial charge in [0.1, 0.15) is 0 Å². The summed E-state index contributed by atoms with van der Waals surface area (Å²) in [6.07, 6.45) is 4.05. The van der Waals surface area contributed by atoms with Crippen LogP contribution in [0.2, 0.25) is 0 Å². The normalized spacial score (nSPS) is 13.5. The Balaban J connectivity index is 2.64. The van der Waals surface area contributed by atoms with Crippen LogP contribution < -0.4 is 0 Å². The highest BCUT2D eigenvalue weighted by Crippen LogP contribution is 2.26. The quantitative estimate of drug-likeness (QED) is 0.860. The molecule has 0 unspecified atom stereocenters. The lowest BCUT2D eigenvalue weighted by Gasteiger charge is -2.17. The van der Waals surface area contributed by atoms with Crippen molar-refractivity contribution in [3.05, 3.63) is 22.9 Å². The Morgan fingerprint density at radius 2 is 1.88 bits per heavy atom. The van der Waals surface area contributed by atoms with Crippen LogP contribution in [0.5, 0.6) is 0 Å². The van der Waals surface area contributed by atoms with Crippen molar-refractivity contribution in [1.29, 1.82) is 0 Å². The maximum Gasteiger partial charge on any atom is 0.0620 e. The maximum absolute atomic E-state index is 4.13. The molecule has 0 atom stereocenters. The highest BCUT2D eigenvalue weighted by Gasteiger charge is 2.18. The van der Waals surface area contributed by atoms with Crippen molar-refractivity contribution in [2.45, 2.75) is 47.0 Å². The molecule has 0 saturated carbocycles. The molecule has 1 aromatic heterocycles. The molecule has 1 heterocycles. The van der Waals surface area contributed by atoms with Crippen molar-refractivity contribution in [3.63, 3.8) is 0 Å². The monoisotopic (exact) mass is 252 g/mol. The first-order valence-corrected chi connectivity index (χ1v) is 7.07. The number of thioether (sulfide) groups is 1. The molecule has 3 heteroatoms. The fraction of sp³-hybridized carbons (Fsp3) is 0.643. The molecule has 0 aliphatic rings. The summed E-state index contributed by atoms with van der Waals surface area (Å²) in [5.74, 6) is 1.13. The van der Waals surface area contributed by atoms with Gasteiger partial charge in [0.2, 0.25) is 0 Å². The number of hydrogen-bond acceptors (Lipinski definition) is 2. The summed E-state index contributed by atoms with van der Waals surface area (Å²) in [6.45, 7) is 13.4. The zero-order valence-electron chi connectivity index (χ0n) is 11.8. The summed E-state index contributed by atoms with van der Waals surface area (Å²) >= 11 is 1.85. The minimum Gasteiger partial charge on any atom is -0.278 e. The van der Waals surface area contributed by atoms with E-state index in [2.05, 4.69) is 63.2 Å². The van der Waals surface area contributed by atoms with E-state index in [4.69, 9.17) is 0 Å². The van der Waals surface area contributed by atoms with Crippen LogP contribution in [0, 0.1) is 5.41 Å². The molecule has 1 N–H and O–H groups in total. The van der Waals surface area contributed by atoms with Gasteiger partial charge in [-0.05, 0) is 22.3 Å². The van der Waals surface area contributed by atoms with Crippen molar-refractivity contribution in [1.82, 2.24) is 10.2 Å². The molecule has 0 radical (unpaired) electrons. The molecule has 0 saturated heterocycles. The third-order valence-corrected chi connectivity index (χ3v) is 3.69. The van der Waals surface area contributed by atoms with Crippen LogP contribution in [0.15, 0.2) is 11.6 Å². The molecular formula is C14H24N2S. The Hall–Kier alpha value is -0.700. The number of rotatable bonds is 3. The van der Waals surface area contributed by atoms with Crippen LogP contribution in [0.3, 0.4) is 0 Å². The lowest BCUT2D eigenvalue weighted by molar-refractivity contribution is 0.481. The smallest absolute Gasteiger partial charge is 0.0620 e. The second kappa shape index (κ2) is 5.30. The molecule has 0 spiro atoms. The summed E-state index contributed by atoms with van der Waals surface area (Å²) in [5.41, 5.74) is 2.90. The van der Waals surface area contributed by atoms with E-state index in [0.717, 1.165) is 11.4 Å². The number of nitrogens with one attached hydrogen (secondary N) is 1. The molecule has 0 fully saturated rings. The summed E-state index contributed by atoms with van der Waals surface area (Å²) in [4.78, 5) is 0. The molecule has 0 bridgehead atoms. The van der Waals surface area contributed by atoms with E-state index in [0.29, 0.717) is 5.41 Å². The van der Waals surface area contributed by atoms with Gasteiger partial charge in [-0.25, -0.2) is 0 Å². The second-order valence-corrected chi connectivity index (χ2v) is 7.52. The van der Waals surface area contributed by atoms with Gasteiger partial charge in [0.25, 0.3) is 0 Å². The minimum atomic E-state index is 0.140. The van der Waals surface area contributed by atoms with E-state index in [1.165, 1.54) is 5.56 Å². The Morgan fingerprint density at radius 1 is 1.24 bits per heavy atom. The number of H-pyrrole nitrogens is 1. The zero-order chi connectivity index (χ0) is 13.1. The van der Waals surface area contributed by atoms with Crippen molar-refractivity contribution >= 4 is 17.8 Å². The molecule has 1 aromatic rings. The molecule has 96 valence electrons. The van der Waals surface area contributed by atoms with Crippen molar-refractivity contribution < 1.29 is 0 Å². The fourth-order valence-corrected chi connectivity index (χ4v) is 2.26. The average molecular weight is 252 g/mol. The predicted molar refractivity (Wildman–Crippen MR) is 78.2 cm³/mol. The standard InChI is InChI=1S/C14H24N2S/c1-13(2,3)10-17-8-7-12-11(9-15-16-12)14(4,5)6/h7-9H,10H2,1-6H3,(H,15,16)/b8-7-. The highest BCUT2D eigenvalue weighted by atomic mass is 32.2. The number of nitrogens with zero attached hydrogens (tertiary/aromatic N) is 1. The second-order valence-electron chi connectivity index (χ2n) is 6.62. The van der Waals surface area contributed by atoms with Crippen LogP contribution in [0.25, 0.3) is 6.08 Å². The first kappa shape index (κ1) is 14.4. The van der Waals surface area contributed by atoms with Crippen molar-refractivity contribution in [2.24, 2.45) is 5.41 Å². The zero-order valence-corrected chi connectivity index (χ0v) is 12.6. The van der Waals surface area contributed by atoms with Gasteiger partial charge >= 0.3 is 0 Å². The third-order valence-electron chi connectivity index (χ3n) is 2.32. The summed E-state index contributed by atoms with van der Waals surface area (Å²) in [7, 11) is 0. The van der Waals surface area contributed by atoms with Gasteiger partial charge in [0.05, 0.1) is 11.9 Å². The van der Waals surface area contributed by atoms with E-state index >= 15 is 0 Å². The van der Waals surface area contributed by atoms with Gasteiger partial charge < -0.3 is 0 Å². The van der Waals surface area contributed by atoms with E-state index in [1.54, 1.807) is 0 Å². The van der Waals surface area contributed by atoms with E-state index in [-0.39, 0.29) is 5.41 Å². The lowest BCUT2D eigenvalue weighted by Crippen LogP contribution is -2.11.